The van der Waals surface area contributed by atoms with E-state index in [-0.39, 0.29) is 0 Å². The molecule has 0 saturated heterocycles. The van der Waals surface area contributed by atoms with Gasteiger partial charge in [0, 0.05) is 24.3 Å². The fourth-order valence-electron chi connectivity index (χ4n) is 2.77. The third-order valence-corrected chi connectivity index (χ3v) is 3.78. The zero-order valence-corrected chi connectivity index (χ0v) is 12.0. The summed E-state index contributed by atoms with van der Waals surface area (Å²) in [4.78, 5) is 2.37. The molecule has 2 nitrogen and oxygen atoms in total. The fraction of sp³-hybridized carbons (Fsp3) is 0.222. The highest BCUT2D eigenvalue weighted by Gasteiger charge is 2.18. The standard InChI is InChI=1S/C18H19NO/c1-3-19(4-2)16-10-7-11-17-18(16)15-9-6-5-8-14(15)12-13-20-17/h5-13H,3-4H2,1-2H3. The van der Waals surface area contributed by atoms with Crippen molar-refractivity contribution in [2.24, 2.45) is 0 Å². The Bertz CT molecular complexity index is 642. The zero-order valence-electron chi connectivity index (χ0n) is 12.0. The van der Waals surface area contributed by atoms with Crippen LogP contribution < -0.4 is 9.64 Å². The Morgan fingerprint density at radius 1 is 0.950 bits per heavy atom. The second kappa shape index (κ2) is 5.41. The molecule has 2 aromatic rings. The molecule has 0 saturated carbocycles. The number of ether oxygens (including phenoxy) is 1. The van der Waals surface area contributed by atoms with Gasteiger partial charge < -0.3 is 9.64 Å². The predicted octanol–water partition coefficient (Wildman–Crippen LogP) is 4.56. The number of hydrogen-bond acceptors (Lipinski definition) is 2. The minimum Gasteiger partial charge on any atom is -0.464 e. The highest BCUT2D eigenvalue weighted by molar-refractivity contribution is 5.89. The first-order valence-electron chi connectivity index (χ1n) is 7.15. The van der Waals surface area contributed by atoms with E-state index in [4.69, 9.17) is 4.74 Å². The van der Waals surface area contributed by atoms with Crippen LogP contribution in [0.2, 0.25) is 0 Å². The molecule has 1 aliphatic heterocycles. The summed E-state index contributed by atoms with van der Waals surface area (Å²) in [6, 6.07) is 14.7. The molecule has 0 amide bonds. The quantitative estimate of drug-likeness (QED) is 0.806. The SMILES string of the molecule is CCN(CC)c1cccc2c1-c1ccccc1C=CO2. The molecule has 20 heavy (non-hydrogen) atoms. The molecule has 0 aromatic heterocycles. The van der Waals surface area contributed by atoms with Gasteiger partial charge in [0.1, 0.15) is 5.75 Å². The van der Waals surface area contributed by atoms with E-state index < -0.39 is 0 Å². The highest BCUT2D eigenvalue weighted by atomic mass is 16.5. The molecule has 1 heterocycles. The minimum atomic E-state index is 0.926. The van der Waals surface area contributed by atoms with Gasteiger partial charge in [-0.25, -0.2) is 0 Å². The Labute approximate surface area is 120 Å². The molecule has 2 heteroatoms. The van der Waals surface area contributed by atoms with Crippen LogP contribution in [0.5, 0.6) is 5.75 Å². The number of fused-ring (bicyclic) bond motifs is 3. The molecular weight excluding hydrogens is 246 g/mol. The van der Waals surface area contributed by atoms with Crippen molar-refractivity contribution in [3.63, 3.8) is 0 Å². The molecular formula is C18H19NO. The Kier molecular flexibility index (Phi) is 3.46. The third kappa shape index (κ3) is 2.07. The van der Waals surface area contributed by atoms with Crippen molar-refractivity contribution in [1.29, 1.82) is 0 Å². The second-order valence-electron chi connectivity index (χ2n) is 4.83. The summed E-state index contributed by atoms with van der Waals surface area (Å²) in [5, 5.41) is 0. The number of nitrogens with zero attached hydrogens (tertiary/aromatic N) is 1. The van der Waals surface area contributed by atoms with Crippen molar-refractivity contribution >= 4 is 11.8 Å². The Morgan fingerprint density at radius 3 is 2.55 bits per heavy atom. The Morgan fingerprint density at radius 2 is 1.75 bits per heavy atom. The molecule has 0 unspecified atom stereocenters. The maximum absolute atomic E-state index is 5.80. The summed E-state index contributed by atoms with van der Waals surface area (Å²) in [7, 11) is 0. The van der Waals surface area contributed by atoms with Crippen molar-refractivity contribution < 1.29 is 4.74 Å². The van der Waals surface area contributed by atoms with Gasteiger partial charge in [-0.05, 0) is 43.2 Å². The molecule has 3 rings (SSSR count). The Hall–Kier alpha value is -2.22. The predicted molar refractivity (Wildman–Crippen MR) is 85.1 cm³/mol. The van der Waals surface area contributed by atoms with Gasteiger partial charge in [-0.3, -0.25) is 0 Å². The van der Waals surface area contributed by atoms with E-state index in [1.165, 1.54) is 22.4 Å². The fourth-order valence-corrected chi connectivity index (χ4v) is 2.77. The van der Waals surface area contributed by atoms with Gasteiger partial charge in [0.05, 0.1) is 6.26 Å². The number of anilines is 1. The molecule has 0 bridgehead atoms. The van der Waals surface area contributed by atoms with Crippen molar-refractivity contribution in [2.45, 2.75) is 13.8 Å². The lowest BCUT2D eigenvalue weighted by molar-refractivity contribution is 0.488. The first-order valence-corrected chi connectivity index (χ1v) is 7.15. The molecule has 1 aliphatic rings. The molecule has 0 atom stereocenters. The van der Waals surface area contributed by atoms with Crippen LogP contribution in [0.1, 0.15) is 19.4 Å². The average Bonchev–Trinajstić information content (AvgIpc) is 2.68. The molecule has 0 radical (unpaired) electrons. The Balaban J connectivity index is 2.26. The van der Waals surface area contributed by atoms with Gasteiger partial charge in [0.25, 0.3) is 0 Å². The highest BCUT2D eigenvalue weighted by Crippen LogP contribution is 2.42. The van der Waals surface area contributed by atoms with E-state index in [9.17, 15) is 0 Å². The van der Waals surface area contributed by atoms with E-state index in [0.717, 1.165) is 18.8 Å². The zero-order chi connectivity index (χ0) is 13.9. The van der Waals surface area contributed by atoms with Crippen LogP contribution in [0.4, 0.5) is 5.69 Å². The number of benzene rings is 2. The normalized spacial score (nSPS) is 12.1. The van der Waals surface area contributed by atoms with E-state index >= 15 is 0 Å². The van der Waals surface area contributed by atoms with Crippen LogP contribution in [0.25, 0.3) is 17.2 Å². The van der Waals surface area contributed by atoms with Crippen molar-refractivity contribution in [2.75, 3.05) is 18.0 Å². The van der Waals surface area contributed by atoms with Gasteiger partial charge in [0.15, 0.2) is 0 Å². The maximum atomic E-state index is 5.80. The van der Waals surface area contributed by atoms with Crippen LogP contribution >= 0.6 is 0 Å². The van der Waals surface area contributed by atoms with Gasteiger partial charge in [-0.1, -0.05) is 30.3 Å². The average molecular weight is 265 g/mol. The van der Waals surface area contributed by atoms with E-state index in [0.29, 0.717) is 0 Å². The van der Waals surface area contributed by atoms with Crippen LogP contribution in [-0.2, 0) is 0 Å². The van der Waals surface area contributed by atoms with E-state index in [1.807, 2.05) is 12.1 Å². The molecule has 102 valence electrons. The smallest absolute Gasteiger partial charge is 0.136 e. The molecule has 2 aromatic carbocycles. The summed E-state index contributed by atoms with van der Waals surface area (Å²) in [6.45, 7) is 6.35. The molecule has 0 aliphatic carbocycles. The van der Waals surface area contributed by atoms with E-state index in [1.54, 1.807) is 6.26 Å². The maximum Gasteiger partial charge on any atom is 0.136 e. The summed E-state index contributed by atoms with van der Waals surface area (Å²) in [5.74, 6) is 0.926. The summed E-state index contributed by atoms with van der Waals surface area (Å²) in [6.07, 6.45) is 3.80. The minimum absolute atomic E-state index is 0.926. The summed E-state index contributed by atoms with van der Waals surface area (Å²) in [5.41, 5.74) is 4.87. The van der Waals surface area contributed by atoms with Crippen molar-refractivity contribution in [3.05, 3.63) is 54.3 Å². The van der Waals surface area contributed by atoms with Crippen LogP contribution in [0.15, 0.2) is 48.7 Å². The third-order valence-electron chi connectivity index (χ3n) is 3.78. The van der Waals surface area contributed by atoms with Crippen LogP contribution in [0, 0.1) is 0 Å². The summed E-state index contributed by atoms with van der Waals surface area (Å²) < 4.78 is 5.80. The first kappa shape index (κ1) is 12.8. The van der Waals surface area contributed by atoms with Gasteiger partial charge >= 0.3 is 0 Å². The topological polar surface area (TPSA) is 12.5 Å². The molecule has 0 N–H and O–H groups in total. The number of rotatable bonds is 3. The first-order chi connectivity index (χ1) is 9.85. The van der Waals surface area contributed by atoms with Gasteiger partial charge in [-0.15, -0.1) is 0 Å². The lowest BCUT2D eigenvalue weighted by atomic mass is 9.97. The monoisotopic (exact) mass is 265 g/mol. The van der Waals surface area contributed by atoms with Gasteiger partial charge in [-0.2, -0.15) is 0 Å². The van der Waals surface area contributed by atoms with Crippen molar-refractivity contribution in [3.8, 4) is 16.9 Å². The van der Waals surface area contributed by atoms with E-state index in [2.05, 4.69) is 55.1 Å². The second-order valence-corrected chi connectivity index (χ2v) is 4.83. The van der Waals surface area contributed by atoms with Crippen molar-refractivity contribution in [1.82, 2.24) is 0 Å². The summed E-state index contributed by atoms with van der Waals surface area (Å²) >= 11 is 0. The molecule has 0 fully saturated rings. The largest absolute Gasteiger partial charge is 0.464 e. The lowest BCUT2D eigenvalue weighted by Gasteiger charge is -2.25. The number of hydrogen-bond donors (Lipinski definition) is 0. The lowest BCUT2D eigenvalue weighted by Crippen LogP contribution is -2.22. The van der Waals surface area contributed by atoms with Gasteiger partial charge in [0.2, 0.25) is 0 Å². The van der Waals surface area contributed by atoms with Crippen LogP contribution in [0.3, 0.4) is 0 Å². The van der Waals surface area contributed by atoms with Crippen LogP contribution in [-0.4, -0.2) is 13.1 Å². The molecule has 0 spiro atoms.